The molecular formula is C26H24N6OS. The monoisotopic (exact) mass is 468 g/mol. The van der Waals surface area contributed by atoms with Crippen molar-refractivity contribution in [1.82, 2.24) is 24.5 Å². The first-order valence-corrected chi connectivity index (χ1v) is 12.3. The number of amides is 1. The van der Waals surface area contributed by atoms with Crippen LogP contribution in [-0.4, -0.2) is 56.1 Å². The molecule has 34 heavy (non-hydrogen) atoms. The number of carbonyl (C=O) groups is 1. The van der Waals surface area contributed by atoms with E-state index in [1.807, 2.05) is 64.9 Å². The average Bonchev–Trinajstić information content (AvgIpc) is 3.55. The number of anilines is 1. The molecular weight excluding hydrogens is 444 g/mol. The summed E-state index contributed by atoms with van der Waals surface area (Å²) in [5.74, 6) is 1.80. The largest absolute Gasteiger partial charge is 0.338 e. The molecule has 0 saturated carbocycles. The highest BCUT2D eigenvalue weighted by molar-refractivity contribution is 7.12. The van der Waals surface area contributed by atoms with Gasteiger partial charge in [-0.05, 0) is 36.1 Å². The fourth-order valence-corrected chi connectivity index (χ4v) is 5.39. The maximum Gasteiger partial charge on any atom is 0.264 e. The van der Waals surface area contributed by atoms with Crippen molar-refractivity contribution in [1.29, 1.82) is 0 Å². The Labute approximate surface area is 201 Å². The van der Waals surface area contributed by atoms with E-state index in [1.54, 1.807) is 0 Å². The molecule has 4 heterocycles. The van der Waals surface area contributed by atoms with Gasteiger partial charge >= 0.3 is 0 Å². The normalized spacial score (nSPS) is 16.4. The number of hydrogen-bond donors (Lipinski definition) is 0. The van der Waals surface area contributed by atoms with Gasteiger partial charge in [-0.2, -0.15) is 0 Å². The Hall–Kier alpha value is -3.78. The third-order valence-electron chi connectivity index (χ3n) is 6.40. The fraction of sp³-hybridized carbons (Fsp3) is 0.231. The summed E-state index contributed by atoms with van der Waals surface area (Å²) in [5, 5.41) is 12.1. The second-order valence-corrected chi connectivity index (χ2v) is 9.59. The van der Waals surface area contributed by atoms with Gasteiger partial charge in [-0.3, -0.25) is 4.79 Å². The number of carbonyl (C=O) groups excluding carboxylic acids is 1. The van der Waals surface area contributed by atoms with E-state index in [0.717, 1.165) is 33.2 Å². The summed E-state index contributed by atoms with van der Waals surface area (Å²) in [7, 11) is 0. The van der Waals surface area contributed by atoms with Gasteiger partial charge in [0.25, 0.3) is 5.91 Å². The Bertz CT molecular complexity index is 1460. The van der Waals surface area contributed by atoms with Crippen molar-refractivity contribution >= 4 is 39.7 Å². The molecule has 1 aliphatic heterocycles. The number of nitrogens with zero attached hydrogens (tertiary/aromatic N) is 6. The Morgan fingerprint density at radius 2 is 1.82 bits per heavy atom. The smallest absolute Gasteiger partial charge is 0.264 e. The summed E-state index contributed by atoms with van der Waals surface area (Å²) < 4.78 is 2.10. The summed E-state index contributed by atoms with van der Waals surface area (Å²) in [4.78, 5) is 23.1. The Morgan fingerprint density at radius 1 is 1.00 bits per heavy atom. The molecule has 0 spiro atoms. The number of rotatable bonds is 4. The SMILES string of the molecule is C[C@H]1CN(c2nc3ccccc3c3nnc(Cc4ccccc4)n23)CCN1C(=O)c1cccs1. The van der Waals surface area contributed by atoms with E-state index in [-0.39, 0.29) is 11.9 Å². The molecule has 1 fully saturated rings. The predicted molar refractivity (Wildman–Crippen MR) is 135 cm³/mol. The highest BCUT2D eigenvalue weighted by atomic mass is 32.1. The lowest BCUT2D eigenvalue weighted by Crippen LogP contribution is -2.54. The van der Waals surface area contributed by atoms with Crippen LogP contribution < -0.4 is 4.90 Å². The van der Waals surface area contributed by atoms with E-state index in [1.165, 1.54) is 16.9 Å². The van der Waals surface area contributed by atoms with E-state index in [4.69, 9.17) is 4.98 Å². The molecule has 0 radical (unpaired) electrons. The molecule has 170 valence electrons. The van der Waals surface area contributed by atoms with E-state index in [0.29, 0.717) is 26.1 Å². The molecule has 1 atom stereocenters. The minimum Gasteiger partial charge on any atom is -0.338 e. The first-order chi connectivity index (χ1) is 16.7. The van der Waals surface area contributed by atoms with Gasteiger partial charge in [0.1, 0.15) is 5.82 Å². The molecule has 0 bridgehead atoms. The molecule has 0 unspecified atom stereocenters. The third kappa shape index (κ3) is 3.60. The Kier molecular flexibility index (Phi) is 5.22. The van der Waals surface area contributed by atoms with E-state index >= 15 is 0 Å². The molecule has 0 aliphatic carbocycles. The van der Waals surface area contributed by atoms with Gasteiger partial charge in [0.15, 0.2) is 5.65 Å². The van der Waals surface area contributed by atoms with Gasteiger partial charge in [-0.25, -0.2) is 9.38 Å². The van der Waals surface area contributed by atoms with Crippen LogP contribution in [0.1, 0.15) is 28.0 Å². The predicted octanol–water partition coefficient (Wildman–Crippen LogP) is 4.28. The summed E-state index contributed by atoms with van der Waals surface area (Å²) >= 11 is 1.49. The Balaban J connectivity index is 1.39. The minimum atomic E-state index is 0.0562. The van der Waals surface area contributed by atoms with Crippen molar-refractivity contribution in [3.8, 4) is 0 Å². The summed E-state index contributed by atoms with van der Waals surface area (Å²) in [5.41, 5.74) is 2.89. The van der Waals surface area contributed by atoms with Crippen LogP contribution in [-0.2, 0) is 6.42 Å². The maximum absolute atomic E-state index is 13.0. The second-order valence-electron chi connectivity index (χ2n) is 8.64. The van der Waals surface area contributed by atoms with Crippen LogP contribution in [0.5, 0.6) is 0 Å². The molecule has 2 aromatic carbocycles. The first kappa shape index (κ1) is 20.8. The van der Waals surface area contributed by atoms with Gasteiger partial charge in [-0.15, -0.1) is 21.5 Å². The number of benzene rings is 2. The highest BCUT2D eigenvalue weighted by Gasteiger charge is 2.31. The summed E-state index contributed by atoms with van der Waals surface area (Å²) in [6.07, 6.45) is 0.668. The minimum absolute atomic E-state index is 0.0562. The summed E-state index contributed by atoms with van der Waals surface area (Å²) in [6, 6.07) is 22.2. The van der Waals surface area contributed by atoms with Crippen LogP contribution in [0.4, 0.5) is 5.95 Å². The van der Waals surface area contributed by atoms with Crippen molar-refractivity contribution in [3.63, 3.8) is 0 Å². The standard InChI is InChI=1S/C26H24N6OS/c1-18-17-30(13-14-31(18)25(33)22-12-7-15-34-22)26-27-21-11-6-5-10-20(21)24-29-28-23(32(24)26)16-19-8-3-2-4-9-19/h2-12,15,18H,13-14,16-17H2,1H3/t18-/m0/s1. The maximum atomic E-state index is 13.0. The second kappa shape index (κ2) is 8.53. The van der Waals surface area contributed by atoms with E-state index in [2.05, 4.69) is 38.6 Å². The van der Waals surface area contributed by atoms with Crippen molar-refractivity contribution in [2.75, 3.05) is 24.5 Å². The molecule has 7 nitrogen and oxygen atoms in total. The van der Waals surface area contributed by atoms with Crippen LogP contribution in [0.25, 0.3) is 16.6 Å². The molecule has 5 aromatic rings. The summed E-state index contributed by atoms with van der Waals surface area (Å²) in [6.45, 7) is 4.14. The lowest BCUT2D eigenvalue weighted by atomic mass is 10.1. The molecule has 3 aromatic heterocycles. The average molecular weight is 469 g/mol. The topological polar surface area (TPSA) is 66.6 Å². The van der Waals surface area contributed by atoms with Crippen LogP contribution in [0.2, 0.25) is 0 Å². The molecule has 0 N–H and O–H groups in total. The Morgan fingerprint density at radius 3 is 2.62 bits per heavy atom. The zero-order valence-corrected chi connectivity index (χ0v) is 19.7. The van der Waals surface area contributed by atoms with E-state index < -0.39 is 0 Å². The van der Waals surface area contributed by atoms with Crippen LogP contribution in [0, 0.1) is 0 Å². The van der Waals surface area contributed by atoms with Crippen molar-refractivity contribution in [2.45, 2.75) is 19.4 Å². The number of piperazine rings is 1. The van der Waals surface area contributed by atoms with Crippen molar-refractivity contribution in [2.24, 2.45) is 0 Å². The van der Waals surface area contributed by atoms with Gasteiger partial charge in [0.2, 0.25) is 5.95 Å². The third-order valence-corrected chi connectivity index (χ3v) is 7.26. The number of aromatic nitrogens is 4. The van der Waals surface area contributed by atoms with Gasteiger partial charge in [-0.1, -0.05) is 48.5 Å². The van der Waals surface area contributed by atoms with Crippen molar-refractivity contribution < 1.29 is 4.79 Å². The molecule has 1 amide bonds. The number of hydrogen-bond acceptors (Lipinski definition) is 6. The van der Waals surface area contributed by atoms with Gasteiger partial charge < -0.3 is 9.80 Å². The van der Waals surface area contributed by atoms with E-state index in [9.17, 15) is 4.79 Å². The number of thiophene rings is 1. The lowest BCUT2D eigenvalue weighted by Gasteiger charge is -2.40. The zero-order chi connectivity index (χ0) is 23.1. The highest BCUT2D eigenvalue weighted by Crippen LogP contribution is 2.27. The fourth-order valence-electron chi connectivity index (χ4n) is 4.71. The molecule has 1 aliphatic rings. The zero-order valence-electron chi connectivity index (χ0n) is 18.8. The molecule has 6 rings (SSSR count). The van der Waals surface area contributed by atoms with Gasteiger partial charge in [0, 0.05) is 37.5 Å². The number of fused-ring (bicyclic) bond motifs is 3. The first-order valence-electron chi connectivity index (χ1n) is 11.4. The van der Waals surface area contributed by atoms with Crippen LogP contribution in [0.3, 0.4) is 0 Å². The number of para-hydroxylation sites is 1. The molecule has 1 saturated heterocycles. The lowest BCUT2D eigenvalue weighted by molar-refractivity contribution is 0.0678. The quantitative estimate of drug-likeness (QED) is 0.394. The van der Waals surface area contributed by atoms with Crippen LogP contribution in [0.15, 0.2) is 72.1 Å². The van der Waals surface area contributed by atoms with Crippen LogP contribution >= 0.6 is 11.3 Å². The molecule has 8 heteroatoms. The van der Waals surface area contributed by atoms with Crippen molar-refractivity contribution in [3.05, 3.63) is 88.4 Å². The van der Waals surface area contributed by atoms with Gasteiger partial charge in [0.05, 0.1) is 10.4 Å².